The number of aromatic amines is 1. The molecule has 1 aliphatic rings. The van der Waals surface area contributed by atoms with Gasteiger partial charge < -0.3 is 4.74 Å². The number of H-pyrrole nitrogens is 1. The molecule has 7 nitrogen and oxygen atoms in total. The van der Waals surface area contributed by atoms with Crippen LogP contribution >= 0.6 is 23.2 Å². The first-order chi connectivity index (χ1) is 15.9. The number of rotatable bonds is 6. The van der Waals surface area contributed by atoms with Crippen LogP contribution in [0, 0.1) is 0 Å². The van der Waals surface area contributed by atoms with Crippen molar-refractivity contribution in [1.29, 1.82) is 0 Å². The molecule has 1 aliphatic heterocycles. The lowest BCUT2D eigenvalue weighted by molar-refractivity contribution is 0.227. The molecule has 5 rings (SSSR count). The van der Waals surface area contributed by atoms with Gasteiger partial charge in [-0.15, -0.1) is 0 Å². The van der Waals surface area contributed by atoms with Crippen molar-refractivity contribution < 1.29 is 4.74 Å². The quantitative estimate of drug-likeness (QED) is 0.367. The Labute approximate surface area is 202 Å². The molecule has 0 amide bonds. The highest BCUT2D eigenvalue weighted by Crippen LogP contribution is 2.35. The Morgan fingerprint density at radius 2 is 1.91 bits per heavy atom. The summed E-state index contributed by atoms with van der Waals surface area (Å²) in [5, 5.41) is 14.3. The third-order valence-electron chi connectivity index (χ3n) is 6.32. The second-order valence-electron chi connectivity index (χ2n) is 8.80. The summed E-state index contributed by atoms with van der Waals surface area (Å²) >= 11 is 12.6. The first-order valence-corrected chi connectivity index (χ1v) is 11.9. The van der Waals surface area contributed by atoms with Gasteiger partial charge >= 0.3 is 0 Å². The van der Waals surface area contributed by atoms with E-state index in [4.69, 9.17) is 27.9 Å². The van der Waals surface area contributed by atoms with Crippen LogP contribution < -0.4 is 4.74 Å². The minimum atomic E-state index is -0.338. The predicted molar refractivity (Wildman–Crippen MR) is 131 cm³/mol. The molecule has 1 N–H and O–H groups in total. The molecule has 0 spiro atoms. The largest absolute Gasteiger partial charge is 0.486 e. The number of hydrogen-bond donors (Lipinski definition) is 1. The number of benzene rings is 1. The van der Waals surface area contributed by atoms with Gasteiger partial charge in [-0.25, -0.2) is 0 Å². The fourth-order valence-corrected chi connectivity index (χ4v) is 5.14. The summed E-state index contributed by atoms with van der Waals surface area (Å²) in [7, 11) is 0. The average molecular weight is 485 g/mol. The van der Waals surface area contributed by atoms with Gasteiger partial charge in [-0.3, -0.25) is 19.7 Å². The molecule has 172 valence electrons. The molecule has 0 saturated carbocycles. The number of hydrogen-bond acceptors (Lipinski definition) is 5. The number of halogens is 2. The minimum Gasteiger partial charge on any atom is -0.486 e. The number of nitrogens with zero attached hydrogens (tertiary/aromatic N) is 5. The van der Waals surface area contributed by atoms with E-state index in [2.05, 4.69) is 49.9 Å². The molecule has 1 aromatic carbocycles. The number of nitrogens with one attached hydrogen (secondary N) is 1. The lowest BCUT2D eigenvalue weighted by Crippen LogP contribution is -2.28. The molecule has 4 heterocycles. The van der Waals surface area contributed by atoms with Crippen molar-refractivity contribution in [1.82, 2.24) is 29.9 Å². The molecule has 0 bridgehead atoms. The maximum Gasteiger partial charge on any atom is 0.124 e. The first kappa shape index (κ1) is 22.2. The normalized spacial score (nSPS) is 17.8. The van der Waals surface area contributed by atoms with Crippen LogP contribution in [0.15, 0.2) is 43.0 Å². The number of ether oxygens (including phenoxy) is 1. The first-order valence-electron chi connectivity index (χ1n) is 11.1. The van der Waals surface area contributed by atoms with Crippen molar-refractivity contribution in [2.24, 2.45) is 0 Å². The summed E-state index contributed by atoms with van der Waals surface area (Å²) in [4.78, 5) is 6.50. The molecule has 0 unspecified atom stereocenters. The van der Waals surface area contributed by atoms with E-state index in [0.29, 0.717) is 33.4 Å². The van der Waals surface area contributed by atoms with Crippen LogP contribution in [0.25, 0.3) is 22.2 Å². The zero-order valence-corrected chi connectivity index (χ0v) is 20.3. The van der Waals surface area contributed by atoms with Crippen LogP contribution in [0.4, 0.5) is 0 Å². The van der Waals surface area contributed by atoms with Crippen LogP contribution in [-0.4, -0.2) is 49.0 Å². The Balaban J connectivity index is 1.40. The SMILES string of the molecule is CC(C)N1CC[C@@H](n2cc(-c3n[nH]c4ccc(O[C@H](C)c5c(Cl)cncc5Cl)cc34)cn2)C1. The second-order valence-corrected chi connectivity index (χ2v) is 9.61. The van der Waals surface area contributed by atoms with E-state index in [0.717, 1.165) is 41.7 Å². The molecule has 9 heteroatoms. The molecule has 2 atom stereocenters. The molecule has 33 heavy (non-hydrogen) atoms. The van der Waals surface area contributed by atoms with Gasteiger partial charge in [0.25, 0.3) is 0 Å². The lowest BCUT2D eigenvalue weighted by atomic mass is 10.1. The van der Waals surface area contributed by atoms with Gasteiger partial charge in [-0.05, 0) is 45.4 Å². The zero-order valence-electron chi connectivity index (χ0n) is 18.8. The van der Waals surface area contributed by atoms with Crippen molar-refractivity contribution in [3.8, 4) is 17.0 Å². The Morgan fingerprint density at radius 1 is 1.12 bits per heavy atom. The van der Waals surface area contributed by atoms with E-state index in [1.165, 1.54) is 0 Å². The topological polar surface area (TPSA) is 71.9 Å². The van der Waals surface area contributed by atoms with Gasteiger partial charge in [0, 0.05) is 54.2 Å². The Hall–Kier alpha value is -2.61. The third kappa shape index (κ3) is 4.33. The number of aromatic nitrogens is 5. The average Bonchev–Trinajstić information content (AvgIpc) is 3.52. The van der Waals surface area contributed by atoms with Crippen molar-refractivity contribution in [2.45, 2.75) is 45.4 Å². The molecule has 1 saturated heterocycles. The number of fused-ring (bicyclic) bond motifs is 1. The molecule has 0 aliphatic carbocycles. The maximum absolute atomic E-state index is 6.30. The number of likely N-dealkylation sites (tertiary alicyclic amines) is 1. The van der Waals surface area contributed by atoms with E-state index in [9.17, 15) is 0 Å². The van der Waals surface area contributed by atoms with E-state index in [-0.39, 0.29) is 6.10 Å². The molecule has 4 aromatic rings. The summed E-state index contributed by atoms with van der Waals surface area (Å²) in [5.74, 6) is 0.706. The minimum absolute atomic E-state index is 0.338. The Morgan fingerprint density at radius 3 is 2.64 bits per heavy atom. The molecular formula is C24H26Cl2N6O. The van der Waals surface area contributed by atoms with Gasteiger partial charge in [-0.2, -0.15) is 10.2 Å². The van der Waals surface area contributed by atoms with Crippen LogP contribution in [-0.2, 0) is 0 Å². The molecular weight excluding hydrogens is 459 g/mol. The van der Waals surface area contributed by atoms with Crippen molar-refractivity contribution in [3.05, 3.63) is 58.6 Å². The molecule has 3 aromatic heterocycles. The Kier molecular flexibility index (Phi) is 6.03. The second kappa shape index (κ2) is 8.97. The zero-order chi connectivity index (χ0) is 23.1. The van der Waals surface area contributed by atoms with Crippen molar-refractivity contribution in [2.75, 3.05) is 13.1 Å². The highest BCUT2D eigenvalue weighted by molar-refractivity contribution is 6.35. The molecule has 0 radical (unpaired) electrons. The summed E-state index contributed by atoms with van der Waals surface area (Å²) < 4.78 is 8.26. The van der Waals surface area contributed by atoms with E-state index >= 15 is 0 Å². The van der Waals surface area contributed by atoms with Gasteiger partial charge in [-0.1, -0.05) is 23.2 Å². The van der Waals surface area contributed by atoms with Crippen LogP contribution in [0.2, 0.25) is 10.0 Å². The summed E-state index contributed by atoms with van der Waals surface area (Å²) in [5.41, 5.74) is 3.49. The van der Waals surface area contributed by atoms with Crippen LogP contribution in [0.1, 0.15) is 44.9 Å². The third-order valence-corrected chi connectivity index (χ3v) is 6.92. The molecule has 1 fully saturated rings. The smallest absolute Gasteiger partial charge is 0.124 e. The van der Waals surface area contributed by atoms with E-state index < -0.39 is 0 Å². The van der Waals surface area contributed by atoms with Crippen LogP contribution in [0.5, 0.6) is 5.75 Å². The summed E-state index contributed by atoms with van der Waals surface area (Å²) in [6.45, 7) is 8.52. The number of pyridine rings is 1. The highest BCUT2D eigenvalue weighted by atomic mass is 35.5. The van der Waals surface area contributed by atoms with Crippen LogP contribution in [0.3, 0.4) is 0 Å². The van der Waals surface area contributed by atoms with Gasteiger partial charge in [0.1, 0.15) is 17.5 Å². The fraction of sp³-hybridized carbons (Fsp3) is 0.375. The van der Waals surface area contributed by atoms with Gasteiger partial charge in [0.05, 0.1) is 27.8 Å². The lowest BCUT2D eigenvalue weighted by Gasteiger charge is -2.20. The van der Waals surface area contributed by atoms with Crippen molar-refractivity contribution >= 4 is 34.1 Å². The predicted octanol–water partition coefficient (Wildman–Crippen LogP) is 5.92. The van der Waals surface area contributed by atoms with Gasteiger partial charge in [0.15, 0.2) is 0 Å². The van der Waals surface area contributed by atoms with Gasteiger partial charge in [0.2, 0.25) is 0 Å². The standard InChI is InChI=1S/C24H26Cl2N6O/c1-14(2)31-7-6-17(13-31)32-12-16(9-28-32)24-19-8-18(4-5-22(19)29-30-24)33-15(3)23-20(25)10-27-11-21(23)26/h4-5,8-12,14-15,17H,6-7,13H2,1-3H3,(H,29,30)/t15-,17-/m1/s1. The van der Waals surface area contributed by atoms with Crippen molar-refractivity contribution in [3.63, 3.8) is 0 Å². The highest BCUT2D eigenvalue weighted by Gasteiger charge is 2.26. The monoisotopic (exact) mass is 484 g/mol. The fourth-order valence-electron chi connectivity index (χ4n) is 4.47. The van der Waals surface area contributed by atoms with E-state index in [1.54, 1.807) is 12.4 Å². The summed E-state index contributed by atoms with van der Waals surface area (Å²) in [6, 6.07) is 6.80. The summed E-state index contributed by atoms with van der Waals surface area (Å²) in [6.07, 6.45) is 7.90. The van der Waals surface area contributed by atoms with E-state index in [1.807, 2.05) is 31.3 Å². The Bertz CT molecular complexity index is 1260. The maximum atomic E-state index is 6.30.